The topological polar surface area (TPSA) is 101 Å². The maximum Gasteiger partial charge on any atom is 0.416 e. The van der Waals surface area contributed by atoms with Gasteiger partial charge in [0.15, 0.2) is 9.84 Å². The Labute approximate surface area is 303 Å². The third-order valence-electron chi connectivity index (χ3n) is 9.75. The Bertz CT molecular complexity index is 2010. The van der Waals surface area contributed by atoms with Crippen LogP contribution in [0, 0.1) is 0 Å². The Morgan fingerprint density at radius 3 is 2.31 bits per heavy atom. The molecule has 278 valence electrons. The van der Waals surface area contributed by atoms with Crippen molar-refractivity contribution in [1.29, 1.82) is 0 Å². The van der Waals surface area contributed by atoms with Gasteiger partial charge in [0.25, 0.3) is 5.91 Å². The van der Waals surface area contributed by atoms with E-state index in [0.29, 0.717) is 37.9 Å². The zero-order valence-electron chi connectivity index (χ0n) is 29.9. The molecule has 0 spiro atoms. The van der Waals surface area contributed by atoms with Crippen molar-refractivity contribution in [2.45, 2.75) is 69.4 Å². The molecular formula is C39H45F3N4O5S. The number of hydrogen-bond acceptors (Lipinski definition) is 8. The van der Waals surface area contributed by atoms with Crippen LogP contribution >= 0.6 is 0 Å². The van der Waals surface area contributed by atoms with Gasteiger partial charge in [-0.2, -0.15) is 13.2 Å². The number of carbonyl (C=O) groups is 1. The van der Waals surface area contributed by atoms with E-state index in [-0.39, 0.29) is 44.9 Å². The fourth-order valence-corrected chi connectivity index (χ4v) is 8.22. The van der Waals surface area contributed by atoms with Gasteiger partial charge in [-0.3, -0.25) is 14.6 Å². The molecule has 2 aliphatic heterocycles. The zero-order valence-corrected chi connectivity index (χ0v) is 30.7. The Balaban J connectivity index is 1.56. The first-order chi connectivity index (χ1) is 24.7. The van der Waals surface area contributed by atoms with E-state index in [9.17, 15) is 26.4 Å². The van der Waals surface area contributed by atoms with Crippen molar-refractivity contribution in [3.63, 3.8) is 0 Å². The molecule has 2 saturated heterocycles. The standard InChI is InChI=1S/C39H45F3N4O5S/c1-25(2)51-33-14-13-31-34(38(47)43-26(3)27-9-6-5-7-10-27)32(24-45-17-15-30(16-18-45)46-19-21-50-22-20-46)35(44-36(31)37(33)52(4,48)49)28-11-8-12-29(23-28)39(40,41)42/h5-14,23,25-26,30H,15-22,24H2,1-4H3,(H,43,47)/t26-/m0/s1. The summed E-state index contributed by atoms with van der Waals surface area (Å²) in [5, 5.41) is 3.35. The second kappa shape index (κ2) is 15.5. The number of pyridine rings is 1. The molecule has 0 saturated carbocycles. The number of sulfone groups is 1. The van der Waals surface area contributed by atoms with Crippen LogP contribution in [0.15, 0.2) is 71.6 Å². The molecular weight excluding hydrogens is 694 g/mol. The van der Waals surface area contributed by atoms with E-state index in [4.69, 9.17) is 14.5 Å². The van der Waals surface area contributed by atoms with Crippen molar-refractivity contribution >= 4 is 26.6 Å². The van der Waals surface area contributed by atoms with Crippen LogP contribution in [0.1, 0.15) is 66.7 Å². The summed E-state index contributed by atoms with van der Waals surface area (Å²) < 4.78 is 80.8. The second-order valence-corrected chi connectivity index (χ2v) is 15.8. The summed E-state index contributed by atoms with van der Waals surface area (Å²) >= 11 is 0. The predicted molar refractivity (Wildman–Crippen MR) is 194 cm³/mol. The van der Waals surface area contributed by atoms with Crippen molar-refractivity contribution in [2.24, 2.45) is 0 Å². The van der Waals surface area contributed by atoms with Gasteiger partial charge in [-0.15, -0.1) is 0 Å². The molecule has 0 unspecified atom stereocenters. The van der Waals surface area contributed by atoms with E-state index < -0.39 is 39.6 Å². The molecule has 13 heteroatoms. The molecule has 4 aromatic rings. The van der Waals surface area contributed by atoms with Gasteiger partial charge < -0.3 is 14.8 Å². The highest BCUT2D eigenvalue weighted by molar-refractivity contribution is 7.91. The highest BCUT2D eigenvalue weighted by atomic mass is 32.2. The highest BCUT2D eigenvalue weighted by Gasteiger charge is 2.34. The number of rotatable bonds is 10. The third kappa shape index (κ3) is 8.43. The molecule has 1 N–H and O–H groups in total. The molecule has 3 aromatic carbocycles. The summed E-state index contributed by atoms with van der Waals surface area (Å²) in [6.07, 6.45) is -2.25. The van der Waals surface area contributed by atoms with Gasteiger partial charge in [-0.1, -0.05) is 42.5 Å². The van der Waals surface area contributed by atoms with Crippen molar-refractivity contribution < 1.29 is 35.9 Å². The van der Waals surface area contributed by atoms with E-state index in [2.05, 4.69) is 15.1 Å². The molecule has 6 rings (SSSR count). The maximum atomic E-state index is 14.7. The Kier molecular flexibility index (Phi) is 11.3. The first-order valence-electron chi connectivity index (χ1n) is 17.6. The number of halogens is 3. The summed E-state index contributed by atoms with van der Waals surface area (Å²) in [5.41, 5.74) is 0.743. The first-order valence-corrected chi connectivity index (χ1v) is 19.5. The molecule has 2 aliphatic rings. The average Bonchev–Trinajstić information content (AvgIpc) is 3.11. The van der Waals surface area contributed by atoms with Crippen molar-refractivity contribution in [1.82, 2.24) is 20.1 Å². The molecule has 2 fully saturated rings. The molecule has 9 nitrogen and oxygen atoms in total. The number of likely N-dealkylation sites (tertiary alicyclic amines) is 1. The summed E-state index contributed by atoms with van der Waals surface area (Å²) in [7, 11) is -4.02. The van der Waals surface area contributed by atoms with Crippen LogP contribution in [0.3, 0.4) is 0 Å². The van der Waals surface area contributed by atoms with Gasteiger partial charge in [0.05, 0.1) is 47.7 Å². The predicted octanol–water partition coefficient (Wildman–Crippen LogP) is 6.90. The lowest BCUT2D eigenvalue weighted by Gasteiger charge is -2.40. The van der Waals surface area contributed by atoms with Crippen LogP contribution in [0.25, 0.3) is 22.2 Å². The molecule has 0 aliphatic carbocycles. The summed E-state index contributed by atoms with van der Waals surface area (Å²) in [4.78, 5) is 24.0. The van der Waals surface area contributed by atoms with Gasteiger partial charge in [-0.05, 0) is 76.5 Å². The second-order valence-electron chi connectivity index (χ2n) is 13.9. The van der Waals surface area contributed by atoms with Crippen LogP contribution in [-0.2, 0) is 27.3 Å². The largest absolute Gasteiger partial charge is 0.490 e. The minimum atomic E-state index is -4.64. The number of hydrogen-bond donors (Lipinski definition) is 1. The van der Waals surface area contributed by atoms with Crippen molar-refractivity contribution in [3.8, 4) is 17.0 Å². The highest BCUT2D eigenvalue weighted by Crippen LogP contribution is 2.40. The summed E-state index contributed by atoms with van der Waals surface area (Å²) in [5.74, 6) is -0.443. The van der Waals surface area contributed by atoms with Crippen molar-refractivity contribution in [3.05, 3.63) is 89.0 Å². The quantitative estimate of drug-likeness (QED) is 0.188. The SMILES string of the molecule is CC(C)Oc1ccc2c(C(=O)N[C@@H](C)c3ccccc3)c(CN3CCC(N4CCOCC4)CC3)c(-c3cccc(C(F)(F)F)c3)nc2c1S(C)(=O)=O. The minimum absolute atomic E-state index is 0.0413. The van der Waals surface area contributed by atoms with E-state index in [0.717, 1.165) is 49.9 Å². The number of ether oxygens (including phenoxy) is 2. The van der Waals surface area contributed by atoms with Gasteiger partial charge in [0.2, 0.25) is 0 Å². The summed E-state index contributed by atoms with van der Waals surface area (Å²) in [6.45, 7) is 10.1. The fraction of sp³-hybridized carbons (Fsp3) is 0.436. The molecule has 1 aromatic heterocycles. The van der Waals surface area contributed by atoms with Crippen LogP contribution in [0.4, 0.5) is 13.2 Å². The number of nitrogens with zero attached hydrogens (tertiary/aromatic N) is 3. The first kappa shape index (κ1) is 37.7. The number of alkyl halides is 3. The number of benzene rings is 3. The number of carbonyl (C=O) groups excluding carboxylic acids is 1. The smallest absolute Gasteiger partial charge is 0.416 e. The summed E-state index contributed by atoms with van der Waals surface area (Å²) in [6, 6.07) is 17.3. The van der Waals surface area contributed by atoms with E-state index in [1.54, 1.807) is 19.9 Å². The van der Waals surface area contributed by atoms with Crippen LogP contribution in [0.2, 0.25) is 0 Å². The maximum absolute atomic E-state index is 14.7. The number of morpholine rings is 1. The molecule has 1 atom stereocenters. The molecule has 0 bridgehead atoms. The number of aromatic nitrogens is 1. The Hall–Kier alpha value is -4.04. The van der Waals surface area contributed by atoms with Gasteiger partial charge in [0.1, 0.15) is 10.6 Å². The number of nitrogens with one attached hydrogen (secondary N) is 1. The Morgan fingerprint density at radius 2 is 1.67 bits per heavy atom. The van der Waals surface area contributed by atoms with Crippen LogP contribution < -0.4 is 10.1 Å². The monoisotopic (exact) mass is 738 g/mol. The fourth-order valence-electron chi connectivity index (χ4n) is 7.23. The normalized spacial score (nSPS) is 17.4. The molecule has 52 heavy (non-hydrogen) atoms. The lowest BCUT2D eigenvalue weighted by molar-refractivity contribution is -0.137. The van der Waals surface area contributed by atoms with Gasteiger partial charge in [-0.25, -0.2) is 13.4 Å². The van der Waals surface area contributed by atoms with E-state index >= 15 is 0 Å². The van der Waals surface area contributed by atoms with E-state index in [1.165, 1.54) is 18.2 Å². The lowest BCUT2D eigenvalue weighted by Crippen LogP contribution is -2.48. The molecule has 0 radical (unpaired) electrons. The van der Waals surface area contributed by atoms with Gasteiger partial charge in [0, 0.05) is 48.4 Å². The van der Waals surface area contributed by atoms with E-state index in [1.807, 2.05) is 37.3 Å². The lowest BCUT2D eigenvalue weighted by atomic mass is 9.93. The molecule has 3 heterocycles. The number of piperidine rings is 1. The van der Waals surface area contributed by atoms with Crippen LogP contribution in [-0.4, -0.2) is 86.9 Å². The minimum Gasteiger partial charge on any atom is -0.490 e. The number of fused-ring (bicyclic) bond motifs is 1. The zero-order chi connectivity index (χ0) is 37.2. The average molecular weight is 739 g/mol. The Morgan fingerprint density at radius 1 is 0.981 bits per heavy atom. The van der Waals surface area contributed by atoms with Gasteiger partial charge >= 0.3 is 6.18 Å². The molecule has 1 amide bonds. The van der Waals surface area contributed by atoms with Crippen LogP contribution in [0.5, 0.6) is 5.75 Å². The third-order valence-corrected chi connectivity index (χ3v) is 10.9. The number of amides is 1. The van der Waals surface area contributed by atoms with Crippen molar-refractivity contribution in [2.75, 3.05) is 45.6 Å².